The van der Waals surface area contributed by atoms with E-state index >= 15 is 0 Å². The number of hydrogen-bond donors (Lipinski definition) is 0. The van der Waals surface area contributed by atoms with Crippen molar-refractivity contribution in [1.82, 2.24) is 0 Å². The number of ketones is 1. The van der Waals surface area contributed by atoms with Crippen LogP contribution in [0.4, 0.5) is 0 Å². The Balaban J connectivity index is 1.86. The molecule has 2 aromatic carbocycles. The van der Waals surface area contributed by atoms with Crippen LogP contribution >= 0.6 is 0 Å². The van der Waals surface area contributed by atoms with Crippen LogP contribution in [-0.2, 0) is 4.79 Å². The first kappa shape index (κ1) is 22.5. The lowest BCUT2D eigenvalue weighted by atomic mass is 9.87. The first-order valence-electron chi connectivity index (χ1n) is 10.7. The van der Waals surface area contributed by atoms with Gasteiger partial charge in [-0.05, 0) is 80.7 Å². The Bertz CT molecular complexity index is 910. The monoisotopic (exact) mass is 422 g/mol. The highest BCUT2D eigenvalue weighted by Crippen LogP contribution is 2.33. The average Bonchev–Trinajstić information content (AvgIpc) is 2.78. The van der Waals surface area contributed by atoms with E-state index in [2.05, 4.69) is 0 Å². The lowest BCUT2D eigenvalue weighted by Gasteiger charge is -2.17. The first-order chi connectivity index (χ1) is 15.1. The fourth-order valence-electron chi connectivity index (χ4n) is 3.68. The molecule has 2 aromatic rings. The maximum absolute atomic E-state index is 13.1. The third kappa shape index (κ3) is 5.48. The normalized spacial score (nSPS) is 16.5. The van der Waals surface area contributed by atoms with Crippen molar-refractivity contribution < 1.29 is 23.7 Å². The van der Waals surface area contributed by atoms with Crippen LogP contribution in [0.15, 0.2) is 47.5 Å². The summed E-state index contributed by atoms with van der Waals surface area (Å²) in [6.07, 6.45) is 6.36. The van der Waals surface area contributed by atoms with Crippen LogP contribution in [0.2, 0.25) is 0 Å². The second kappa shape index (κ2) is 10.7. The molecule has 1 aliphatic carbocycles. The minimum absolute atomic E-state index is 0.0898. The highest BCUT2D eigenvalue weighted by atomic mass is 16.5. The van der Waals surface area contributed by atoms with Gasteiger partial charge >= 0.3 is 0 Å². The van der Waals surface area contributed by atoms with E-state index in [1.807, 2.05) is 62.4 Å². The van der Waals surface area contributed by atoms with Crippen LogP contribution in [-0.4, -0.2) is 33.2 Å². The van der Waals surface area contributed by atoms with E-state index < -0.39 is 0 Å². The fourth-order valence-corrected chi connectivity index (χ4v) is 3.68. The van der Waals surface area contributed by atoms with Gasteiger partial charge in [-0.3, -0.25) is 4.79 Å². The molecule has 3 rings (SSSR count). The molecule has 0 atom stereocenters. The maximum Gasteiger partial charge on any atom is 0.185 e. The van der Waals surface area contributed by atoms with E-state index in [0.717, 1.165) is 41.5 Å². The van der Waals surface area contributed by atoms with Crippen LogP contribution in [0.25, 0.3) is 12.2 Å². The summed E-state index contributed by atoms with van der Waals surface area (Å²) in [6.45, 7) is 5.01. The van der Waals surface area contributed by atoms with Crippen molar-refractivity contribution in [3.8, 4) is 23.0 Å². The second-order valence-corrected chi connectivity index (χ2v) is 7.21. The molecule has 1 aliphatic rings. The highest BCUT2D eigenvalue weighted by Gasteiger charge is 2.21. The van der Waals surface area contributed by atoms with E-state index in [-0.39, 0.29) is 5.78 Å². The number of carbonyl (C=O) groups excluding carboxylic acids is 1. The lowest BCUT2D eigenvalue weighted by molar-refractivity contribution is -0.112. The Kier molecular flexibility index (Phi) is 7.76. The summed E-state index contributed by atoms with van der Waals surface area (Å²) < 4.78 is 22.0. The summed E-state index contributed by atoms with van der Waals surface area (Å²) in [5.41, 5.74) is 3.46. The molecule has 0 amide bonds. The van der Waals surface area contributed by atoms with Crippen LogP contribution in [0.5, 0.6) is 23.0 Å². The number of hydrogen-bond acceptors (Lipinski definition) is 5. The number of allylic oxidation sites excluding steroid dienone is 2. The van der Waals surface area contributed by atoms with E-state index in [9.17, 15) is 4.79 Å². The Morgan fingerprint density at radius 1 is 0.742 bits per heavy atom. The Morgan fingerprint density at radius 2 is 1.19 bits per heavy atom. The van der Waals surface area contributed by atoms with Crippen LogP contribution in [0, 0.1) is 0 Å². The van der Waals surface area contributed by atoms with Gasteiger partial charge in [0.1, 0.15) is 0 Å². The molecule has 1 saturated carbocycles. The molecule has 0 radical (unpaired) electrons. The van der Waals surface area contributed by atoms with Gasteiger partial charge in [0.05, 0.1) is 27.4 Å². The zero-order chi connectivity index (χ0) is 22.2. The van der Waals surface area contributed by atoms with Crippen LogP contribution < -0.4 is 18.9 Å². The second-order valence-electron chi connectivity index (χ2n) is 7.21. The topological polar surface area (TPSA) is 54.0 Å². The molecule has 0 unspecified atom stereocenters. The number of rotatable bonds is 8. The molecule has 31 heavy (non-hydrogen) atoms. The van der Waals surface area contributed by atoms with Crippen molar-refractivity contribution in [1.29, 1.82) is 0 Å². The maximum atomic E-state index is 13.1. The summed E-state index contributed by atoms with van der Waals surface area (Å²) in [5, 5.41) is 0. The predicted molar refractivity (Wildman–Crippen MR) is 123 cm³/mol. The molecule has 0 saturated heterocycles. The third-order valence-corrected chi connectivity index (χ3v) is 5.13. The number of ether oxygens (including phenoxy) is 4. The molecule has 0 heterocycles. The SMILES string of the molecule is CCOc1ccc(/C=C2\CCC/C(=C\c3ccc(OCC)c(OC)c3)C2=O)cc1OC. The van der Waals surface area contributed by atoms with Crippen molar-refractivity contribution in [3.63, 3.8) is 0 Å². The van der Waals surface area contributed by atoms with Gasteiger partial charge in [0.2, 0.25) is 0 Å². The molecular weight excluding hydrogens is 392 g/mol. The Hall–Kier alpha value is -3.21. The lowest BCUT2D eigenvalue weighted by Crippen LogP contribution is -2.12. The summed E-state index contributed by atoms with van der Waals surface area (Å²) in [7, 11) is 3.24. The third-order valence-electron chi connectivity index (χ3n) is 5.13. The van der Waals surface area contributed by atoms with Crippen molar-refractivity contribution in [2.45, 2.75) is 33.1 Å². The molecule has 5 heteroatoms. The largest absolute Gasteiger partial charge is 0.493 e. The molecule has 0 spiro atoms. The summed E-state index contributed by atoms with van der Waals surface area (Å²) in [5.74, 6) is 2.82. The standard InChI is InChI=1S/C26H30O5/c1-5-30-22-12-10-18(16-24(22)28-3)14-20-8-7-9-21(26(20)27)15-19-11-13-23(31-6-2)25(17-19)29-4/h10-17H,5-9H2,1-4H3/b20-14+,21-15+. The number of benzene rings is 2. The summed E-state index contributed by atoms with van der Waals surface area (Å²) in [6, 6.07) is 11.5. The molecule has 0 bridgehead atoms. The van der Waals surface area contributed by atoms with Gasteiger partial charge < -0.3 is 18.9 Å². The molecule has 5 nitrogen and oxygen atoms in total. The zero-order valence-corrected chi connectivity index (χ0v) is 18.7. The van der Waals surface area contributed by atoms with Crippen LogP contribution in [0.3, 0.4) is 0 Å². The minimum atomic E-state index is 0.0898. The molecule has 164 valence electrons. The van der Waals surface area contributed by atoms with Gasteiger partial charge in [-0.1, -0.05) is 12.1 Å². The molecular formula is C26H30O5. The van der Waals surface area contributed by atoms with Gasteiger partial charge in [-0.25, -0.2) is 0 Å². The molecule has 0 N–H and O–H groups in total. The Morgan fingerprint density at radius 3 is 1.58 bits per heavy atom. The molecule has 0 aromatic heterocycles. The van der Waals surface area contributed by atoms with Crippen molar-refractivity contribution in [2.75, 3.05) is 27.4 Å². The molecule has 0 aliphatic heterocycles. The number of Topliss-reactive ketones (excluding diaryl/α,β-unsaturated/α-hetero) is 1. The predicted octanol–water partition coefficient (Wildman–Crippen LogP) is 5.72. The van der Waals surface area contributed by atoms with Gasteiger partial charge in [0, 0.05) is 11.1 Å². The van der Waals surface area contributed by atoms with Crippen molar-refractivity contribution in [2.24, 2.45) is 0 Å². The van der Waals surface area contributed by atoms with Gasteiger partial charge in [0.25, 0.3) is 0 Å². The van der Waals surface area contributed by atoms with E-state index in [1.165, 1.54) is 0 Å². The number of carbonyl (C=O) groups is 1. The quantitative estimate of drug-likeness (QED) is 0.509. The van der Waals surface area contributed by atoms with E-state index in [4.69, 9.17) is 18.9 Å². The van der Waals surface area contributed by atoms with Crippen molar-refractivity contribution in [3.05, 3.63) is 58.7 Å². The van der Waals surface area contributed by atoms with Crippen LogP contribution in [0.1, 0.15) is 44.2 Å². The first-order valence-corrected chi connectivity index (χ1v) is 10.7. The van der Waals surface area contributed by atoms with Crippen molar-refractivity contribution >= 4 is 17.9 Å². The van der Waals surface area contributed by atoms with Gasteiger partial charge in [-0.2, -0.15) is 0 Å². The minimum Gasteiger partial charge on any atom is -0.493 e. The fraction of sp³-hybridized carbons (Fsp3) is 0.346. The van der Waals surface area contributed by atoms with Gasteiger partial charge in [-0.15, -0.1) is 0 Å². The average molecular weight is 423 g/mol. The smallest absolute Gasteiger partial charge is 0.185 e. The highest BCUT2D eigenvalue weighted by molar-refractivity contribution is 6.14. The van der Waals surface area contributed by atoms with E-state index in [1.54, 1.807) is 14.2 Å². The summed E-state index contributed by atoms with van der Waals surface area (Å²) >= 11 is 0. The summed E-state index contributed by atoms with van der Waals surface area (Å²) in [4.78, 5) is 13.1. The van der Waals surface area contributed by atoms with Gasteiger partial charge in [0.15, 0.2) is 28.8 Å². The zero-order valence-electron chi connectivity index (χ0n) is 18.7. The number of methoxy groups -OCH3 is 2. The Labute approximate surface area is 184 Å². The molecule has 1 fully saturated rings. The van der Waals surface area contributed by atoms with E-state index in [0.29, 0.717) is 36.2 Å².